The summed E-state index contributed by atoms with van der Waals surface area (Å²) in [5.74, 6) is -0.948. The van der Waals surface area contributed by atoms with Crippen molar-refractivity contribution in [3.8, 4) is 0 Å². The van der Waals surface area contributed by atoms with E-state index >= 15 is 0 Å². The Morgan fingerprint density at radius 1 is 1.38 bits per heavy atom. The molecule has 1 aromatic rings. The van der Waals surface area contributed by atoms with Crippen LogP contribution in [0, 0.1) is 6.92 Å². The lowest BCUT2D eigenvalue weighted by molar-refractivity contribution is -0.138. The topological polar surface area (TPSA) is 80.5 Å². The molecule has 0 saturated carbocycles. The maximum absolute atomic E-state index is 12.3. The molecule has 0 atom stereocenters. The Hall–Kier alpha value is -1.13. The normalized spacial score (nSPS) is 12.3. The molecule has 10 heteroatoms. The SMILES string of the molecule is Cc1c(C(=O)N(C)CC(F)(F)F)cc(Br)cc1S(N)(=O)=O. The highest BCUT2D eigenvalue weighted by molar-refractivity contribution is 9.10. The van der Waals surface area contributed by atoms with E-state index in [4.69, 9.17) is 5.14 Å². The van der Waals surface area contributed by atoms with Crippen LogP contribution in [-0.2, 0) is 10.0 Å². The Morgan fingerprint density at radius 2 is 1.90 bits per heavy atom. The summed E-state index contributed by atoms with van der Waals surface area (Å²) >= 11 is 3.01. The molecule has 0 radical (unpaired) electrons. The standard InChI is InChI=1S/C11H12BrF3N2O3S/c1-6-8(10(18)17(2)5-11(13,14)15)3-7(12)4-9(6)21(16,19)20/h3-4H,5H2,1-2H3,(H2,16,19,20). The van der Waals surface area contributed by atoms with E-state index in [2.05, 4.69) is 15.9 Å². The summed E-state index contributed by atoms with van der Waals surface area (Å²) in [4.78, 5) is 12.2. The Balaban J connectivity index is 3.32. The van der Waals surface area contributed by atoms with Gasteiger partial charge in [-0.2, -0.15) is 13.2 Å². The number of hydrogen-bond acceptors (Lipinski definition) is 3. The van der Waals surface area contributed by atoms with Gasteiger partial charge in [-0.1, -0.05) is 15.9 Å². The third-order valence-corrected chi connectivity index (χ3v) is 4.12. The largest absolute Gasteiger partial charge is 0.406 e. The number of sulfonamides is 1. The summed E-state index contributed by atoms with van der Waals surface area (Å²) in [5, 5.41) is 5.02. The molecule has 0 aliphatic heterocycles. The van der Waals surface area contributed by atoms with E-state index in [9.17, 15) is 26.4 Å². The fourth-order valence-corrected chi connectivity index (χ4v) is 3.16. The number of halogens is 4. The number of hydrogen-bond donors (Lipinski definition) is 1. The van der Waals surface area contributed by atoms with Crippen molar-refractivity contribution < 1.29 is 26.4 Å². The lowest BCUT2D eigenvalue weighted by atomic mass is 10.1. The molecule has 0 bridgehead atoms. The fraction of sp³-hybridized carbons (Fsp3) is 0.364. The third kappa shape index (κ3) is 4.68. The Morgan fingerprint density at radius 3 is 2.33 bits per heavy atom. The molecule has 0 aliphatic carbocycles. The monoisotopic (exact) mass is 388 g/mol. The number of alkyl halides is 3. The van der Waals surface area contributed by atoms with E-state index in [1.54, 1.807) is 0 Å². The van der Waals surface area contributed by atoms with Crippen LogP contribution in [0.3, 0.4) is 0 Å². The number of carbonyl (C=O) groups excluding carboxylic acids is 1. The number of primary sulfonamides is 1. The first-order valence-corrected chi connectivity index (χ1v) is 7.82. The molecule has 21 heavy (non-hydrogen) atoms. The first-order valence-electron chi connectivity index (χ1n) is 5.48. The second-order valence-corrected chi connectivity index (χ2v) is 6.84. The van der Waals surface area contributed by atoms with Crippen LogP contribution >= 0.6 is 15.9 Å². The zero-order valence-electron chi connectivity index (χ0n) is 11.0. The van der Waals surface area contributed by atoms with Gasteiger partial charge >= 0.3 is 6.18 Å². The molecule has 0 spiro atoms. The molecule has 0 fully saturated rings. The minimum absolute atomic E-state index is 0.000255. The van der Waals surface area contributed by atoms with Gasteiger partial charge in [0.25, 0.3) is 5.91 Å². The maximum Gasteiger partial charge on any atom is 0.406 e. The van der Waals surface area contributed by atoms with Gasteiger partial charge in [0.15, 0.2) is 0 Å². The van der Waals surface area contributed by atoms with Crippen LogP contribution in [0.25, 0.3) is 0 Å². The number of amides is 1. The van der Waals surface area contributed by atoms with Gasteiger partial charge in [-0.15, -0.1) is 0 Å². The first-order chi connectivity index (χ1) is 9.33. The summed E-state index contributed by atoms with van der Waals surface area (Å²) in [7, 11) is -3.12. The Bertz CT molecular complexity index is 674. The van der Waals surface area contributed by atoms with E-state index in [-0.39, 0.29) is 20.5 Å². The predicted octanol–water partition coefficient (Wildman–Crippen LogP) is 2.04. The van der Waals surface area contributed by atoms with Crippen LogP contribution in [0.15, 0.2) is 21.5 Å². The molecule has 0 heterocycles. The fourth-order valence-electron chi connectivity index (χ4n) is 1.72. The number of carbonyl (C=O) groups is 1. The highest BCUT2D eigenvalue weighted by atomic mass is 79.9. The Labute approximate surface area is 128 Å². The molecule has 118 valence electrons. The average Bonchev–Trinajstić information content (AvgIpc) is 2.27. The van der Waals surface area contributed by atoms with Gasteiger partial charge in [0.2, 0.25) is 10.0 Å². The smallest absolute Gasteiger partial charge is 0.333 e. The van der Waals surface area contributed by atoms with Crippen molar-refractivity contribution in [2.45, 2.75) is 18.0 Å². The van der Waals surface area contributed by atoms with E-state index in [0.717, 1.165) is 7.05 Å². The van der Waals surface area contributed by atoms with E-state index in [1.807, 2.05) is 0 Å². The van der Waals surface area contributed by atoms with Gasteiger partial charge < -0.3 is 4.90 Å². The zero-order chi connectivity index (χ0) is 16.6. The highest BCUT2D eigenvalue weighted by Gasteiger charge is 2.32. The van der Waals surface area contributed by atoms with Crippen molar-refractivity contribution in [2.75, 3.05) is 13.6 Å². The predicted molar refractivity (Wildman–Crippen MR) is 73.3 cm³/mol. The minimum atomic E-state index is -4.55. The van der Waals surface area contributed by atoms with Gasteiger partial charge in [-0.25, -0.2) is 13.6 Å². The van der Waals surface area contributed by atoms with Gasteiger partial charge in [0.05, 0.1) is 4.90 Å². The molecular formula is C11H12BrF3N2O3S. The second kappa shape index (κ2) is 5.93. The summed E-state index contributed by atoms with van der Waals surface area (Å²) in [6, 6.07) is 2.43. The summed E-state index contributed by atoms with van der Waals surface area (Å²) in [5.41, 5.74) is -0.167. The lowest BCUT2D eigenvalue weighted by Crippen LogP contribution is -2.36. The van der Waals surface area contributed by atoms with Crippen LogP contribution in [0.1, 0.15) is 15.9 Å². The highest BCUT2D eigenvalue weighted by Crippen LogP contribution is 2.26. The molecule has 1 amide bonds. The van der Waals surface area contributed by atoms with Crippen molar-refractivity contribution in [3.05, 3.63) is 27.7 Å². The summed E-state index contributed by atoms with van der Waals surface area (Å²) < 4.78 is 60.0. The van der Waals surface area contributed by atoms with E-state index in [1.165, 1.54) is 19.1 Å². The summed E-state index contributed by atoms with van der Waals surface area (Å²) in [6.07, 6.45) is -4.55. The molecule has 0 unspecified atom stereocenters. The van der Waals surface area contributed by atoms with Crippen LogP contribution in [-0.4, -0.2) is 39.0 Å². The van der Waals surface area contributed by atoms with Gasteiger partial charge in [-0.3, -0.25) is 4.79 Å². The molecule has 5 nitrogen and oxygen atoms in total. The number of rotatable bonds is 3. The third-order valence-electron chi connectivity index (χ3n) is 2.62. The van der Waals surface area contributed by atoms with Gasteiger partial charge in [0.1, 0.15) is 6.54 Å². The van der Waals surface area contributed by atoms with E-state index in [0.29, 0.717) is 4.90 Å². The molecule has 1 aromatic carbocycles. The maximum atomic E-state index is 12.3. The van der Waals surface area contributed by atoms with Crippen molar-refractivity contribution in [2.24, 2.45) is 5.14 Å². The number of benzene rings is 1. The number of nitrogens with two attached hydrogens (primary N) is 1. The molecular weight excluding hydrogens is 377 g/mol. The molecule has 2 N–H and O–H groups in total. The van der Waals surface area contributed by atoms with Crippen molar-refractivity contribution in [1.29, 1.82) is 0 Å². The van der Waals surface area contributed by atoms with Gasteiger partial charge in [-0.05, 0) is 24.6 Å². The molecule has 1 rings (SSSR count). The van der Waals surface area contributed by atoms with Gasteiger partial charge in [0, 0.05) is 17.1 Å². The van der Waals surface area contributed by atoms with E-state index < -0.39 is 28.7 Å². The second-order valence-electron chi connectivity index (χ2n) is 4.40. The lowest BCUT2D eigenvalue weighted by Gasteiger charge is -2.20. The van der Waals surface area contributed by atoms with Crippen LogP contribution in [0.4, 0.5) is 13.2 Å². The Kier molecular flexibility index (Phi) is 5.06. The summed E-state index contributed by atoms with van der Waals surface area (Å²) in [6.45, 7) is -0.136. The van der Waals surface area contributed by atoms with Crippen LogP contribution in [0.2, 0.25) is 0 Å². The van der Waals surface area contributed by atoms with Crippen molar-refractivity contribution in [3.63, 3.8) is 0 Å². The quantitative estimate of drug-likeness (QED) is 0.859. The van der Waals surface area contributed by atoms with Crippen LogP contribution in [0.5, 0.6) is 0 Å². The molecule has 0 saturated heterocycles. The average molecular weight is 389 g/mol. The molecule has 0 aliphatic rings. The van der Waals surface area contributed by atoms with Crippen LogP contribution < -0.4 is 5.14 Å². The number of nitrogens with zero attached hydrogens (tertiary/aromatic N) is 1. The zero-order valence-corrected chi connectivity index (χ0v) is 13.4. The minimum Gasteiger partial charge on any atom is -0.333 e. The molecule has 0 aromatic heterocycles. The van der Waals surface area contributed by atoms with Crippen molar-refractivity contribution >= 4 is 31.9 Å². The van der Waals surface area contributed by atoms with Crippen molar-refractivity contribution in [1.82, 2.24) is 4.90 Å². The first kappa shape index (κ1) is 17.9.